The summed E-state index contributed by atoms with van der Waals surface area (Å²) in [5.41, 5.74) is 0. The number of anilines is 1. The van der Waals surface area contributed by atoms with E-state index in [1.165, 1.54) is 23.1 Å². The number of rotatable bonds is 8. The Morgan fingerprint density at radius 2 is 2.36 bits per heavy atom. The van der Waals surface area contributed by atoms with Crippen molar-refractivity contribution >= 4 is 34.1 Å². The zero-order valence-corrected chi connectivity index (χ0v) is 16.0. The van der Waals surface area contributed by atoms with E-state index in [4.69, 9.17) is 9.15 Å². The van der Waals surface area contributed by atoms with Crippen molar-refractivity contribution in [1.82, 2.24) is 15.1 Å². The summed E-state index contributed by atoms with van der Waals surface area (Å²) in [6, 6.07) is 3.79. The highest BCUT2D eigenvalue weighted by atomic mass is 32.2. The number of furan rings is 1. The third kappa shape index (κ3) is 5.45. The van der Waals surface area contributed by atoms with Gasteiger partial charge in [-0.15, -0.1) is 10.2 Å². The van der Waals surface area contributed by atoms with E-state index in [2.05, 4.69) is 15.5 Å². The minimum Gasteiger partial charge on any atom is -0.464 e. The summed E-state index contributed by atoms with van der Waals surface area (Å²) in [5, 5.41) is 12.3. The van der Waals surface area contributed by atoms with Gasteiger partial charge >= 0.3 is 0 Å². The number of nitrogens with one attached hydrogen (secondary N) is 1. The third-order valence-electron chi connectivity index (χ3n) is 3.85. The summed E-state index contributed by atoms with van der Waals surface area (Å²) in [7, 11) is 1.77. The maximum absolute atomic E-state index is 12.2. The van der Waals surface area contributed by atoms with E-state index in [1.54, 1.807) is 11.9 Å². The number of carbonyl (C=O) groups is 1. The lowest BCUT2D eigenvalue weighted by Crippen LogP contribution is -2.27. The molecule has 0 aliphatic carbocycles. The molecule has 7 nitrogen and oxygen atoms in total. The van der Waals surface area contributed by atoms with Gasteiger partial charge in [0, 0.05) is 20.2 Å². The normalized spacial score (nSPS) is 17.0. The van der Waals surface area contributed by atoms with Crippen molar-refractivity contribution in [2.75, 3.05) is 31.3 Å². The van der Waals surface area contributed by atoms with Gasteiger partial charge in [0.2, 0.25) is 11.0 Å². The monoisotopic (exact) mass is 382 g/mol. The highest BCUT2D eigenvalue weighted by Crippen LogP contribution is 2.26. The molecule has 2 aromatic heterocycles. The number of aromatic nitrogens is 2. The van der Waals surface area contributed by atoms with E-state index < -0.39 is 0 Å². The van der Waals surface area contributed by atoms with Gasteiger partial charge in [0.05, 0.1) is 18.4 Å². The van der Waals surface area contributed by atoms with Gasteiger partial charge in [-0.05, 0) is 31.9 Å². The molecule has 1 unspecified atom stereocenters. The van der Waals surface area contributed by atoms with Gasteiger partial charge in [-0.2, -0.15) is 0 Å². The smallest absolute Gasteiger partial charge is 0.233 e. The summed E-state index contributed by atoms with van der Waals surface area (Å²) < 4.78 is 11.9. The Kier molecular flexibility index (Phi) is 6.33. The van der Waals surface area contributed by atoms with Crippen LogP contribution in [0.1, 0.15) is 24.4 Å². The van der Waals surface area contributed by atoms with Crippen LogP contribution in [0.3, 0.4) is 0 Å². The largest absolute Gasteiger partial charge is 0.464 e. The summed E-state index contributed by atoms with van der Waals surface area (Å²) in [5.74, 6) is 2.00. The second-order valence-corrected chi connectivity index (χ2v) is 8.14. The molecule has 0 spiro atoms. The molecular formula is C16H22N4O3S2. The van der Waals surface area contributed by atoms with Crippen molar-refractivity contribution in [3.8, 4) is 0 Å². The van der Waals surface area contributed by atoms with Gasteiger partial charge in [-0.25, -0.2) is 0 Å². The molecule has 1 saturated heterocycles. The number of ether oxygens (including phenoxy) is 1. The Morgan fingerprint density at radius 3 is 3.08 bits per heavy atom. The number of carbonyl (C=O) groups excluding carboxylic acids is 1. The molecule has 2 aromatic rings. The molecule has 1 atom stereocenters. The lowest BCUT2D eigenvalue weighted by Gasteiger charge is -2.14. The molecule has 1 fully saturated rings. The topological polar surface area (TPSA) is 80.5 Å². The molecule has 9 heteroatoms. The van der Waals surface area contributed by atoms with Crippen molar-refractivity contribution < 1.29 is 13.9 Å². The van der Waals surface area contributed by atoms with Gasteiger partial charge in [-0.1, -0.05) is 23.1 Å². The highest BCUT2D eigenvalue weighted by Gasteiger charge is 2.17. The standard InChI is InChI=1S/C16H22N4O3S2/c1-11-5-6-13(23-11)9-20(2)14(21)10-24-16-19-18-15(25-16)17-8-12-4-3-7-22-12/h5-6,12H,3-4,7-10H2,1-2H3,(H,17,18). The SMILES string of the molecule is Cc1ccc(CN(C)C(=O)CSc2nnc(NCC3CCCO3)s2)o1. The molecule has 0 aromatic carbocycles. The quantitative estimate of drug-likeness (QED) is 0.703. The Balaban J connectivity index is 1.40. The van der Waals surface area contributed by atoms with Crippen molar-refractivity contribution in [3.63, 3.8) is 0 Å². The predicted octanol–water partition coefficient (Wildman–Crippen LogP) is 2.78. The molecule has 0 bridgehead atoms. The molecule has 1 aliphatic rings. The first kappa shape index (κ1) is 18.2. The molecule has 0 saturated carbocycles. The van der Waals surface area contributed by atoms with E-state index in [1.807, 2.05) is 19.1 Å². The Morgan fingerprint density at radius 1 is 1.48 bits per heavy atom. The van der Waals surface area contributed by atoms with Gasteiger partial charge in [0.25, 0.3) is 0 Å². The first-order chi connectivity index (χ1) is 12.1. The first-order valence-electron chi connectivity index (χ1n) is 8.21. The average Bonchev–Trinajstić information content (AvgIpc) is 3.33. The third-order valence-corrected chi connectivity index (χ3v) is 5.84. The van der Waals surface area contributed by atoms with Crippen LogP contribution >= 0.6 is 23.1 Å². The summed E-state index contributed by atoms with van der Waals surface area (Å²) in [6.07, 6.45) is 2.47. The maximum atomic E-state index is 12.2. The van der Waals surface area contributed by atoms with Crippen LogP contribution < -0.4 is 5.32 Å². The van der Waals surface area contributed by atoms with Gasteiger partial charge in [0.15, 0.2) is 4.34 Å². The van der Waals surface area contributed by atoms with Crippen LogP contribution in [0, 0.1) is 6.92 Å². The van der Waals surface area contributed by atoms with Crippen LogP contribution in [0.4, 0.5) is 5.13 Å². The molecule has 0 radical (unpaired) electrons. The molecule has 1 amide bonds. The van der Waals surface area contributed by atoms with Crippen molar-refractivity contribution in [1.29, 1.82) is 0 Å². The van der Waals surface area contributed by atoms with E-state index in [-0.39, 0.29) is 12.0 Å². The van der Waals surface area contributed by atoms with Gasteiger partial charge in [0.1, 0.15) is 11.5 Å². The molecule has 3 heterocycles. The molecule has 25 heavy (non-hydrogen) atoms. The number of hydrogen-bond donors (Lipinski definition) is 1. The summed E-state index contributed by atoms with van der Waals surface area (Å²) in [6.45, 7) is 3.96. The molecule has 1 aliphatic heterocycles. The van der Waals surface area contributed by atoms with Crippen LogP contribution in [0.15, 0.2) is 20.9 Å². The Bertz CT molecular complexity index is 697. The van der Waals surface area contributed by atoms with Gasteiger partial charge in [-0.3, -0.25) is 4.79 Å². The van der Waals surface area contributed by atoms with E-state index in [9.17, 15) is 4.79 Å². The van der Waals surface area contributed by atoms with Crippen LogP contribution in [-0.2, 0) is 16.1 Å². The second-order valence-electron chi connectivity index (χ2n) is 5.94. The highest BCUT2D eigenvalue weighted by molar-refractivity contribution is 8.01. The van der Waals surface area contributed by atoms with E-state index in [0.717, 1.165) is 47.0 Å². The molecule has 1 N–H and O–H groups in total. The van der Waals surface area contributed by atoms with Crippen molar-refractivity contribution in [2.45, 2.75) is 36.8 Å². The summed E-state index contributed by atoms with van der Waals surface area (Å²) >= 11 is 2.87. The maximum Gasteiger partial charge on any atom is 0.233 e. The fourth-order valence-corrected chi connectivity index (χ4v) is 4.17. The van der Waals surface area contributed by atoms with Crippen LogP contribution in [0.2, 0.25) is 0 Å². The molecule has 136 valence electrons. The minimum absolute atomic E-state index is 0.0307. The Hall–Kier alpha value is -1.58. The zero-order valence-electron chi connectivity index (χ0n) is 14.4. The fraction of sp³-hybridized carbons (Fsp3) is 0.562. The number of thioether (sulfide) groups is 1. The second kappa shape index (κ2) is 8.68. The number of hydrogen-bond acceptors (Lipinski definition) is 8. The minimum atomic E-state index is 0.0307. The fourth-order valence-electron chi connectivity index (χ4n) is 2.47. The molecular weight excluding hydrogens is 360 g/mol. The van der Waals surface area contributed by atoms with Crippen LogP contribution in [0.25, 0.3) is 0 Å². The lowest BCUT2D eigenvalue weighted by molar-refractivity contribution is -0.127. The number of aryl methyl sites for hydroxylation is 1. The number of nitrogens with zero attached hydrogens (tertiary/aromatic N) is 3. The first-order valence-corrected chi connectivity index (χ1v) is 10.0. The van der Waals surface area contributed by atoms with Crippen molar-refractivity contribution in [2.24, 2.45) is 0 Å². The molecule has 3 rings (SSSR count). The van der Waals surface area contributed by atoms with Crippen LogP contribution in [-0.4, -0.2) is 53.1 Å². The van der Waals surface area contributed by atoms with E-state index >= 15 is 0 Å². The van der Waals surface area contributed by atoms with E-state index in [0.29, 0.717) is 12.3 Å². The van der Waals surface area contributed by atoms with Crippen molar-refractivity contribution in [3.05, 3.63) is 23.7 Å². The average molecular weight is 383 g/mol. The van der Waals surface area contributed by atoms with Gasteiger partial charge < -0.3 is 19.4 Å². The number of amides is 1. The summed E-state index contributed by atoms with van der Waals surface area (Å²) in [4.78, 5) is 13.9. The Labute approximate surface area is 155 Å². The lowest BCUT2D eigenvalue weighted by atomic mass is 10.2. The van der Waals surface area contributed by atoms with Crippen LogP contribution in [0.5, 0.6) is 0 Å². The zero-order chi connectivity index (χ0) is 17.6. The predicted molar refractivity (Wildman–Crippen MR) is 98.0 cm³/mol.